The molecule has 0 bridgehead atoms. The van der Waals surface area contributed by atoms with Crippen molar-refractivity contribution < 1.29 is 4.74 Å². The summed E-state index contributed by atoms with van der Waals surface area (Å²) in [5.41, 5.74) is 8.26. The van der Waals surface area contributed by atoms with E-state index in [9.17, 15) is 0 Å². The third kappa shape index (κ3) is 3.14. The number of aryl methyl sites for hydroxylation is 1. The topological polar surface area (TPSA) is 53.1 Å². The zero-order valence-corrected chi connectivity index (χ0v) is 12.2. The Bertz CT molecular complexity index is 560. The molecule has 0 fully saturated rings. The number of hydrogen-bond donors (Lipinski definition) is 1. The van der Waals surface area contributed by atoms with Gasteiger partial charge in [-0.25, -0.2) is 0 Å². The Hall–Kier alpha value is -1.39. The fraction of sp³-hybridized carbons (Fsp3) is 0.533. The van der Waals surface area contributed by atoms with Gasteiger partial charge in [0.05, 0.1) is 16.8 Å². The SMILES string of the molecule is COC(C)(C)CC(N)Cc1nn(C)c2ccccc12. The molecule has 0 saturated heterocycles. The number of rotatable bonds is 5. The minimum atomic E-state index is -0.190. The van der Waals surface area contributed by atoms with Crippen LogP contribution >= 0.6 is 0 Å². The van der Waals surface area contributed by atoms with Crippen molar-refractivity contribution in [2.45, 2.75) is 38.3 Å². The first-order valence-electron chi connectivity index (χ1n) is 6.64. The second kappa shape index (κ2) is 5.31. The zero-order valence-electron chi connectivity index (χ0n) is 12.2. The zero-order chi connectivity index (χ0) is 14.0. The molecule has 1 aromatic carbocycles. The number of nitrogens with zero attached hydrogens (tertiary/aromatic N) is 2. The molecule has 2 aromatic rings. The Labute approximate surface area is 114 Å². The Morgan fingerprint density at radius 3 is 2.74 bits per heavy atom. The number of ether oxygens (including phenoxy) is 1. The highest BCUT2D eigenvalue weighted by Crippen LogP contribution is 2.21. The summed E-state index contributed by atoms with van der Waals surface area (Å²) < 4.78 is 7.35. The van der Waals surface area contributed by atoms with Crippen molar-refractivity contribution in [2.24, 2.45) is 12.8 Å². The average molecular weight is 261 g/mol. The summed E-state index contributed by atoms with van der Waals surface area (Å²) in [6.07, 6.45) is 1.59. The molecule has 104 valence electrons. The molecule has 19 heavy (non-hydrogen) atoms. The Balaban J connectivity index is 2.18. The lowest BCUT2D eigenvalue weighted by molar-refractivity contribution is 0.0101. The molecule has 2 N–H and O–H groups in total. The van der Waals surface area contributed by atoms with Crippen LogP contribution in [0.5, 0.6) is 0 Å². The fourth-order valence-electron chi connectivity index (χ4n) is 2.47. The predicted molar refractivity (Wildman–Crippen MR) is 78.1 cm³/mol. The summed E-state index contributed by atoms with van der Waals surface area (Å²) in [5.74, 6) is 0. The molecule has 4 nitrogen and oxygen atoms in total. The van der Waals surface area contributed by atoms with Gasteiger partial charge in [0, 0.05) is 32.0 Å². The molecule has 0 radical (unpaired) electrons. The smallest absolute Gasteiger partial charge is 0.0718 e. The third-order valence-corrected chi connectivity index (χ3v) is 3.60. The van der Waals surface area contributed by atoms with Crippen molar-refractivity contribution in [3.05, 3.63) is 30.0 Å². The Kier molecular flexibility index (Phi) is 3.92. The van der Waals surface area contributed by atoms with Crippen LogP contribution in [0.15, 0.2) is 24.3 Å². The van der Waals surface area contributed by atoms with Crippen LogP contribution in [-0.2, 0) is 18.2 Å². The van der Waals surface area contributed by atoms with E-state index in [1.807, 2.05) is 23.9 Å². The van der Waals surface area contributed by atoms with Crippen LogP contribution in [0.3, 0.4) is 0 Å². The molecule has 1 unspecified atom stereocenters. The number of fused-ring (bicyclic) bond motifs is 1. The molecule has 1 atom stereocenters. The maximum Gasteiger partial charge on any atom is 0.0718 e. The lowest BCUT2D eigenvalue weighted by Crippen LogP contribution is -2.35. The molecule has 1 aromatic heterocycles. The molecule has 0 saturated carbocycles. The van der Waals surface area contributed by atoms with Crippen molar-refractivity contribution in [3.63, 3.8) is 0 Å². The predicted octanol–water partition coefficient (Wildman–Crippen LogP) is 2.26. The van der Waals surface area contributed by atoms with Gasteiger partial charge in [-0.15, -0.1) is 0 Å². The maximum absolute atomic E-state index is 6.24. The van der Waals surface area contributed by atoms with Crippen LogP contribution in [0, 0.1) is 0 Å². The summed E-state index contributed by atoms with van der Waals surface area (Å²) in [6, 6.07) is 8.30. The Morgan fingerprint density at radius 2 is 2.05 bits per heavy atom. The van der Waals surface area contributed by atoms with Crippen molar-refractivity contribution in [2.75, 3.05) is 7.11 Å². The second-order valence-electron chi connectivity index (χ2n) is 5.72. The van der Waals surface area contributed by atoms with Gasteiger partial charge in [-0.2, -0.15) is 5.10 Å². The van der Waals surface area contributed by atoms with Gasteiger partial charge < -0.3 is 10.5 Å². The molecule has 0 amide bonds. The summed E-state index contributed by atoms with van der Waals surface area (Å²) >= 11 is 0. The first kappa shape index (κ1) is 14.0. The summed E-state index contributed by atoms with van der Waals surface area (Å²) in [5, 5.41) is 5.77. The van der Waals surface area contributed by atoms with E-state index in [1.54, 1.807) is 7.11 Å². The molecular formula is C15H23N3O. The van der Waals surface area contributed by atoms with Gasteiger partial charge in [-0.3, -0.25) is 4.68 Å². The molecule has 0 aliphatic carbocycles. The molecule has 1 heterocycles. The largest absolute Gasteiger partial charge is 0.379 e. The monoisotopic (exact) mass is 261 g/mol. The van der Waals surface area contributed by atoms with Gasteiger partial charge in [0.1, 0.15) is 0 Å². The van der Waals surface area contributed by atoms with E-state index < -0.39 is 0 Å². The lowest BCUT2D eigenvalue weighted by Gasteiger charge is -2.26. The first-order chi connectivity index (χ1) is 8.93. The molecule has 0 aliphatic rings. The van der Waals surface area contributed by atoms with E-state index in [2.05, 4.69) is 31.1 Å². The fourth-order valence-corrected chi connectivity index (χ4v) is 2.47. The summed E-state index contributed by atoms with van der Waals surface area (Å²) in [4.78, 5) is 0. The Morgan fingerprint density at radius 1 is 1.37 bits per heavy atom. The number of nitrogens with two attached hydrogens (primary N) is 1. The van der Waals surface area contributed by atoms with Gasteiger partial charge in [0.2, 0.25) is 0 Å². The van der Waals surface area contributed by atoms with Crippen molar-refractivity contribution in [1.82, 2.24) is 9.78 Å². The minimum absolute atomic E-state index is 0.0493. The van der Waals surface area contributed by atoms with Gasteiger partial charge >= 0.3 is 0 Å². The number of methoxy groups -OCH3 is 1. The summed E-state index contributed by atoms with van der Waals surface area (Å²) in [7, 11) is 3.69. The van der Waals surface area contributed by atoms with Crippen LogP contribution < -0.4 is 5.73 Å². The van der Waals surface area contributed by atoms with Crippen LogP contribution in [0.1, 0.15) is 26.0 Å². The van der Waals surface area contributed by atoms with E-state index >= 15 is 0 Å². The van der Waals surface area contributed by atoms with Crippen molar-refractivity contribution in [3.8, 4) is 0 Å². The van der Waals surface area contributed by atoms with Gasteiger partial charge in [0.25, 0.3) is 0 Å². The minimum Gasteiger partial charge on any atom is -0.379 e. The maximum atomic E-state index is 6.24. The highest BCUT2D eigenvalue weighted by Gasteiger charge is 2.22. The highest BCUT2D eigenvalue weighted by molar-refractivity contribution is 5.81. The average Bonchev–Trinajstić information content (AvgIpc) is 2.66. The highest BCUT2D eigenvalue weighted by atomic mass is 16.5. The molecule has 4 heteroatoms. The van der Waals surface area contributed by atoms with Gasteiger partial charge in [-0.1, -0.05) is 18.2 Å². The standard InChI is InChI=1S/C15H23N3O/c1-15(2,19-4)10-11(16)9-13-12-7-5-6-8-14(12)18(3)17-13/h5-8,11H,9-10,16H2,1-4H3. The molecule has 2 rings (SSSR count). The van der Waals surface area contributed by atoms with Crippen molar-refractivity contribution >= 4 is 10.9 Å². The second-order valence-corrected chi connectivity index (χ2v) is 5.72. The van der Waals surface area contributed by atoms with E-state index in [0.29, 0.717) is 0 Å². The quantitative estimate of drug-likeness (QED) is 0.898. The molecular weight excluding hydrogens is 238 g/mol. The van der Waals surface area contributed by atoms with Gasteiger partial charge in [0.15, 0.2) is 0 Å². The van der Waals surface area contributed by atoms with Gasteiger partial charge in [-0.05, 0) is 26.3 Å². The van der Waals surface area contributed by atoms with Crippen LogP contribution in [0.4, 0.5) is 0 Å². The molecule has 0 aliphatic heterocycles. The number of para-hydroxylation sites is 1. The number of benzene rings is 1. The third-order valence-electron chi connectivity index (χ3n) is 3.60. The van der Waals surface area contributed by atoms with Crippen LogP contribution in [0.25, 0.3) is 10.9 Å². The van der Waals surface area contributed by atoms with E-state index in [4.69, 9.17) is 10.5 Å². The molecule has 0 spiro atoms. The van der Waals surface area contributed by atoms with Crippen molar-refractivity contribution in [1.29, 1.82) is 0 Å². The number of aromatic nitrogens is 2. The normalized spacial score (nSPS) is 13.9. The first-order valence-corrected chi connectivity index (χ1v) is 6.64. The summed E-state index contributed by atoms with van der Waals surface area (Å²) in [6.45, 7) is 4.12. The van der Waals surface area contributed by atoms with Crippen LogP contribution in [0.2, 0.25) is 0 Å². The number of hydrogen-bond acceptors (Lipinski definition) is 3. The lowest BCUT2D eigenvalue weighted by atomic mass is 9.95. The van der Waals surface area contributed by atoms with E-state index in [0.717, 1.165) is 24.1 Å². The van der Waals surface area contributed by atoms with Crippen LogP contribution in [-0.4, -0.2) is 28.5 Å². The van der Waals surface area contributed by atoms with E-state index in [1.165, 1.54) is 5.39 Å². The van der Waals surface area contributed by atoms with E-state index in [-0.39, 0.29) is 11.6 Å².